The van der Waals surface area contributed by atoms with E-state index >= 15 is 0 Å². The molecule has 2 N–H and O–H groups in total. The second kappa shape index (κ2) is 4.94. The van der Waals surface area contributed by atoms with Crippen molar-refractivity contribution in [2.75, 3.05) is 0 Å². The van der Waals surface area contributed by atoms with Gasteiger partial charge in [0.25, 0.3) is 0 Å². The maximum absolute atomic E-state index is 12.6. The van der Waals surface area contributed by atoms with Crippen molar-refractivity contribution in [2.24, 2.45) is 5.73 Å². The molecule has 0 spiro atoms. The van der Waals surface area contributed by atoms with Crippen molar-refractivity contribution in [3.05, 3.63) is 35.6 Å². The zero-order valence-electron chi connectivity index (χ0n) is 7.16. The van der Waals surface area contributed by atoms with Crippen molar-refractivity contribution in [3.63, 3.8) is 0 Å². The second-order valence-electron chi connectivity index (χ2n) is 2.64. The Morgan fingerprint density at radius 3 is 2.62 bits per heavy atom. The molecule has 1 aromatic rings. The van der Waals surface area contributed by atoms with Crippen LogP contribution in [0.25, 0.3) is 0 Å². The van der Waals surface area contributed by atoms with Crippen molar-refractivity contribution in [1.29, 1.82) is 0 Å². The van der Waals surface area contributed by atoms with Gasteiger partial charge in [-0.15, -0.1) is 12.4 Å². The van der Waals surface area contributed by atoms with Gasteiger partial charge in [0.1, 0.15) is 5.82 Å². The van der Waals surface area contributed by atoms with Gasteiger partial charge in [0, 0.05) is 0 Å². The van der Waals surface area contributed by atoms with Crippen LogP contribution in [0.2, 0.25) is 0 Å². The van der Waals surface area contributed by atoms with Gasteiger partial charge in [0.2, 0.25) is 0 Å². The highest BCUT2D eigenvalue weighted by Gasteiger charge is 2.10. The van der Waals surface area contributed by atoms with E-state index in [0.29, 0.717) is 5.56 Å². The molecule has 0 saturated carbocycles. The first-order valence-corrected chi connectivity index (χ1v) is 3.63. The third-order valence-electron chi connectivity index (χ3n) is 1.65. The standard InChI is InChI=1S/C9H10FNO.ClH/c1-6(12)9(11)7-3-2-4-8(10)5-7;/h2-5,9H,11H2,1H3;1H. The van der Waals surface area contributed by atoms with Crippen LogP contribution in [0.1, 0.15) is 18.5 Å². The maximum atomic E-state index is 12.6. The van der Waals surface area contributed by atoms with Crippen LogP contribution in [0.4, 0.5) is 4.39 Å². The van der Waals surface area contributed by atoms with Crippen molar-refractivity contribution in [1.82, 2.24) is 0 Å². The molecule has 72 valence electrons. The van der Waals surface area contributed by atoms with Crippen LogP contribution >= 0.6 is 12.4 Å². The Kier molecular flexibility index (Phi) is 4.59. The van der Waals surface area contributed by atoms with Crippen LogP contribution in [-0.4, -0.2) is 5.78 Å². The molecule has 0 fully saturated rings. The quantitative estimate of drug-likeness (QED) is 0.797. The van der Waals surface area contributed by atoms with E-state index in [9.17, 15) is 9.18 Å². The largest absolute Gasteiger partial charge is 0.318 e. The average molecular weight is 204 g/mol. The first-order chi connectivity index (χ1) is 5.61. The molecule has 0 saturated heterocycles. The van der Waals surface area contributed by atoms with Crippen LogP contribution in [0.5, 0.6) is 0 Å². The third-order valence-corrected chi connectivity index (χ3v) is 1.65. The van der Waals surface area contributed by atoms with E-state index < -0.39 is 6.04 Å². The molecule has 0 radical (unpaired) electrons. The van der Waals surface area contributed by atoms with Gasteiger partial charge in [-0.3, -0.25) is 4.79 Å². The van der Waals surface area contributed by atoms with Crippen LogP contribution in [0.15, 0.2) is 24.3 Å². The highest BCUT2D eigenvalue weighted by atomic mass is 35.5. The van der Waals surface area contributed by atoms with Crippen LogP contribution in [-0.2, 0) is 4.79 Å². The van der Waals surface area contributed by atoms with Gasteiger partial charge in [-0.25, -0.2) is 4.39 Å². The Balaban J connectivity index is 0.00000144. The first kappa shape index (κ1) is 12.1. The molecule has 4 heteroatoms. The fraction of sp³-hybridized carbons (Fsp3) is 0.222. The number of ketones is 1. The van der Waals surface area contributed by atoms with Crippen LogP contribution in [0.3, 0.4) is 0 Å². The molecule has 0 heterocycles. The van der Waals surface area contributed by atoms with Gasteiger partial charge < -0.3 is 5.73 Å². The van der Waals surface area contributed by atoms with E-state index in [2.05, 4.69) is 0 Å². The topological polar surface area (TPSA) is 43.1 Å². The summed E-state index contributed by atoms with van der Waals surface area (Å²) >= 11 is 0. The zero-order valence-corrected chi connectivity index (χ0v) is 7.98. The summed E-state index contributed by atoms with van der Waals surface area (Å²) in [6.45, 7) is 1.38. The molecule has 13 heavy (non-hydrogen) atoms. The molecular weight excluding hydrogens is 193 g/mol. The van der Waals surface area contributed by atoms with Gasteiger partial charge >= 0.3 is 0 Å². The monoisotopic (exact) mass is 203 g/mol. The highest BCUT2D eigenvalue weighted by molar-refractivity contribution is 5.85. The minimum atomic E-state index is -0.708. The Morgan fingerprint density at radius 1 is 1.54 bits per heavy atom. The average Bonchev–Trinajstić information content (AvgIpc) is 2.03. The Hall–Kier alpha value is -0.930. The van der Waals surface area contributed by atoms with E-state index in [0.717, 1.165) is 0 Å². The number of rotatable bonds is 2. The van der Waals surface area contributed by atoms with Crippen molar-refractivity contribution in [3.8, 4) is 0 Å². The molecule has 0 aliphatic heterocycles. The van der Waals surface area contributed by atoms with Gasteiger partial charge in [-0.05, 0) is 24.6 Å². The lowest BCUT2D eigenvalue weighted by atomic mass is 10.1. The third kappa shape index (κ3) is 3.13. The number of nitrogens with two attached hydrogens (primary N) is 1. The highest BCUT2D eigenvalue weighted by Crippen LogP contribution is 2.11. The fourth-order valence-corrected chi connectivity index (χ4v) is 0.935. The summed E-state index contributed by atoms with van der Waals surface area (Å²) in [4.78, 5) is 10.8. The summed E-state index contributed by atoms with van der Waals surface area (Å²) in [5.41, 5.74) is 6.01. The molecule has 2 nitrogen and oxygen atoms in total. The molecule has 1 atom stereocenters. The lowest BCUT2D eigenvalue weighted by molar-refractivity contribution is -0.118. The molecular formula is C9H11ClFNO. The molecule has 0 bridgehead atoms. The fourth-order valence-electron chi connectivity index (χ4n) is 0.935. The van der Waals surface area contributed by atoms with Gasteiger partial charge in [0.15, 0.2) is 5.78 Å². The number of benzene rings is 1. The number of Topliss-reactive ketones (excluding diaryl/α,β-unsaturated/α-hetero) is 1. The lowest BCUT2D eigenvalue weighted by Gasteiger charge is -2.06. The summed E-state index contributed by atoms with van der Waals surface area (Å²) in [7, 11) is 0. The minimum absolute atomic E-state index is 0. The minimum Gasteiger partial charge on any atom is -0.318 e. The summed E-state index contributed by atoms with van der Waals surface area (Å²) < 4.78 is 12.6. The Morgan fingerprint density at radius 2 is 2.15 bits per heavy atom. The summed E-state index contributed by atoms with van der Waals surface area (Å²) in [6.07, 6.45) is 0. The van der Waals surface area contributed by atoms with Crippen LogP contribution in [0, 0.1) is 5.82 Å². The molecule has 1 rings (SSSR count). The van der Waals surface area contributed by atoms with E-state index in [-0.39, 0.29) is 24.0 Å². The Labute approximate surface area is 82.3 Å². The molecule has 0 aliphatic rings. The van der Waals surface area contributed by atoms with Gasteiger partial charge in [-0.1, -0.05) is 12.1 Å². The molecule has 1 aromatic carbocycles. The second-order valence-corrected chi connectivity index (χ2v) is 2.64. The molecule has 0 aromatic heterocycles. The summed E-state index contributed by atoms with van der Waals surface area (Å²) in [6, 6.07) is 5.05. The van der Waals surface area contributed by atoms with E-state index in [1.54, 1.807) is 6.07 Å². The zero-order chi connectivity index (χ0) is 9.14. The number of carbonyl (C=O) groups is 1. The first-order valence-electron chi connectivity index (χ1n) is 3.63. The number of carbonyl (C=O) groups excluding carboxylic acids is 1. The van der Waals surface area contributed by atoms with Crippen molar-refractivity contribution < 1.29 is 9.18 Å². The van der Waals surface area contributed by atoms with E-state index in [1.165, 1.54) is 25.1 Å². The van der Waals surface area contributed by atoms with Gasteiger partial charge in [0.05, 0.1) is 6.04 Å². The molecule has 0 aliphatic carbocycles. The number of halogens is 2. The van der Waals surface area contributed by atoms with Crippen molar-refractivity contribution >= 4 is 18.2 Å². The van der Waals surface area contributed by atoms with Crippen LogP contribution < -0.4 is 5.73 Å². The Bertz CT molecular complexity index is 303. The van der Waals surface area contributed by atoms with Gasteiger partial charge in [-0.2, -0.15) is 0 Å². The summed E-state index contributed by atoms with van der Waals surface area (Å²) in [5, 5.41) is 0. The lowest BCUT2D eigenvalue weighted by Crippen LogP contribution is -2.18. The predicted octanol–water partition coefficient (Wildman–Crippen LogP) is 1.84. The maximum Gasteiger partial charge on any atom is 0.150 e. The summed E-state index contributed by atoms with van der Waals surface area (Å²) in [5.74, 6) is -0.537. The normalized spacial score (nSPS) is 11.6. The number of hydrogen-bond donors (Lipinski definition) is 1. The predicted molar refractivity (Wildman–Crippen MR) is 51.3 cm³/mol. The number of hydrogen-bond acceptors (Lipinski definition) is 2. The van der Waals surface area contributed by atoms with Crippen molar-refractivity contribution in [2.45, 2.75) is 13.0 Å². The van der Waals surface area contributed by atoms with E-state index in [1.807, 2.05) is 0 Å². The molecule has 1 unspecified atom stereocenters. The SMILES string of the molecule is CC(=O)C(N)c1cccc(F)c1.Cl. The smallest absolute Gasteiger partial charge is 0.150 e. The molecule has 0 amide bonds. The van der Waals surface area contributed by atoms with E-state index in [4.69, 9.17) is 5.73 Å².